The Morgan fingerprint density at radius 3 is 2.67 bits per heavy atom. The largest absolute Gasteiger partial charge is 0.0993 e. The van der Waals surface area contributed by atoms with Crippen molar-refractivity contribution in [2.75, 3.05) is 0 Å². The maximum absolute atomic E-state index is 8.02. The summed E-state index contributed by atoms with van der Waals surface area (Å²) >= 11 is 0. The molecule has 15 heavy (non-hydrogen) atoms. The summed E-state index contributed by atoms with van der Waals surface area (Å²) in [6.45, 7) is 9.44. The van der Waals surface area contributed by atoms with Gasteiger partial charge in [-0.25, -0.2) is 0 Å². The molecule has 2 atom stereocenters. The summed E-state index contributed by atoms with van der Waals surface area (Å²) < 4.78 is 8.02. The second-order valence-electron chi connectivity index (χ2n) is 5.82. The highest BCUT2D eigenvalue weighted by Gasteiger charge is 2.47. The molecule has 0 unspecified atom stereocenters. The number of hydrogen-bond acceptors (Lipinski definition) is 0. The standard InChI is InChI=1S/C15H24/c1-12-7-10-14(3,11-8-12)15(4)9-5-6-13(15)2/h7H,2,5-6,8-11H2,1,3-4H3/t14-,15+/m0/s1/i3T. The van der Waals surface area contributed by atoms with Gasteiger partial charge in [-0.3, -0.25) is 0 Å². The Hall–Kier alpha value is -0.520. The molecule has 1 fully saturated rings. The summed E-state index contributed by atoms with van der Waals surface area (Å²) in [7, 11) is 0. The fourth-order valence-corrected chi connectivity index (χ4v) is 3.26. The van der Waals surface area contributed by atoms with Crippen molar-refractivity contribution < 1.29 is 1.37 Å². The van der Waals surface area contributed by atoms with E-state index in [1.807, 2.05) is 0 Å². The van der Waals surface area contributed by atoms with Crippen LogP contribution in [0.2, 0.25) is 0 Å². The van der Waals surface area contributed by atoms with Crippen molar-refractivity contribution in [3.05, 3.63) is 23.8 Å². The molecule has 1 saturated carbocycles. The Balaban J connectivity index is 2.31. The van der Waals surface area contributed by atoms with Gasteiger partial charge in [0.25, 0.3) is 0 Å². The lowest BCUT2D eigenvalue weighted by Gasteiger charge is -2.47. The minimum absolute atomic E-state index is 0.181. The highest BCUT2D eigenvalue weighted by molar-refractivity contribution is 5.22. The fraction of sp³-hybridized carbons (Fsp3) is 0.733. The van der Waals surface area contributed by atoms with E-state index >= 15 is 0 Å². The minimum atomic E-state index is 0.181. The molecular formula is C15H24. The summed E-state index contributed by atoms with van der Waals surface area (Å²) in [5.41, 5.74) is 3.33. The van der Waals surface area contributed by atoms with E-state index in [2.05, 4.69) is 26.5 Å². The normalized spacial score (nSPS) is 42.7. The van der Waals surface area contributed by atoms with Crippen molar-refractivity contribution in [2.45, 2.75) is 59.3 Å². The number of allylic oxidation sites excluding steroid dienone is 3. The molecule has 2 rings (SSSR count). The van der Waals surface area contributed by atoms with Crippen LogP contribution in [0.5, 0.6) is 0 Å². The van der Waals surface area contributed by atoms with E-state index in [1.165, 1.54) is 43.3 Å². The van der Waals surface area contributed by atoms with Crippen molar-refractivity contribution in [3.8, 4) is 0 Å². The Kier molecular flexibility index (Phi) is 2.26. The lowest BCUT2D eigenvalue weighted by Crippen LogP contribution is -2.37. The van der Waals surface area contributed by atoms with Crippen molar-refractivity contribution in [1.82, 2.24) is 0 Å². The molecule has 0 radical (unpaired) electrons. The summed E-state index contributed by atoms with van der Waals surface area (Å²) in [5, 5.41) is 0. The fourth-order valence-electron chi connectivity index (χ4n) is 3.26. The second kappa shape index (κ2) is 3.50. The summed E-state index contributed by atoms with van der Waals surface area (Å²) in [4.78, 5) is 0. The number of rotatable bonds is 1. The molecule has 2 aliphatic carbocycles. The Morgan fingerprint density at radius 2 is 2.20 bits per heavy atom. The van der Waals surface area contributed by atoms with Crippen LogP contribution in [0.3, 0.4) is 0 Å². The highest BCUT2D eigenvalue weighted by atomic mass is 14.5. The zero-order chi connectivity index (χ0) is 11.8. The van der Waals surface area contributed by atoms with Gasteiger partial charge in [-0.1, -0.05) is 37.6 Å². The molecule has 2 aliphatic rings. The van der Waals surface area contributed by atoms with Gasteiger partial charge in [0.1, 0.15) is 0 Å². The molecule has 0 nitrogen and oxygen atoms in total. The molecule has 0 saturated heterocycles. The van der Waals surface area contributed by atoms with Crippen LogP contribution in [0.25, 0.3) is 0 Å². The van der Waals surface area contributed by atoms with E-state index in [0.717, 1.165) is 6.42 Å². The summed E-state index contributed by atoms with van der Waals surface area (Å²) in [6, 6.07) is 0. The van der Waals surface area contributed by atoms with Crippen LogP contribution in [0, 0.1) is 10.8 Å². The zero-order valence-electron chi connectivity index (χ0n) is 11.2. The van der Waals surface area contributed by atoms with E-state index < -0.39 is 0 Å². The van der Waals surface area contributed by atoms with Gasteiger partial charge < -0.3 is 0 Å². The molecule has 0 heteroatoms. The smallest absolute Gasteiger partial charge is 0.0236 e. The van der Waals surface area contributed by atoms with Crippen LogP contribution >= 0.6 is 0 Å². The zero-order valence-corrected chi connectivity index (χ0v) is 10.2. The van der Waals surface area contributed by atoms with Crippen LogP contribution in [-0.2, 0) is 0 Å². The van der Waals surface area contributed by atoms with Crippen molar-refractivity contribution in [2.24, 2.45) is 10.8 Å². The molecule has 0 aliphatic heterocycles. The van der Waals surface area contributed by atoms with Crippen LogP contribution in [-0.4, -0.2) is 0 Å². The Morgan fingerprint density at radius 1 is 1.40 bits per heavy atom. The maximum Gasteiger partial charge on any atom is 0.0236 e. The first-order chi connectivity index (χ1) is 7.54. The predicted octanol–water partition coefficient (Wildman–Crippen LogP) is 4.87. The third kappa shape index (κ3) is 1.58. The van der Waals surface area contributed by atoms with E-state index in [-0.39, 0.29) is 10.8 Å². The maximum atomic E-state index is 8.02. The van der Waals surface area contributed by atoms with Crippen LogP contribution in [0.4, 0.5) is 0 Å². The molecule has 0 aromatic carbocycles. The summed E-state index contributed by atoms with van der Waals surface area (Å²) in [6.07, 6.45) is 9.54. The first-order valence-corrected chi connectivity index (χ1v) is 6.17. The average Bonchev–Trinajstić information content (AvgIpc) is 2.62. The van der Waals surface area contributed by atoms with E-state index in [9.17, 15) is 0 Å². The predicted molar refractivity (Wildman–Crippen MR) is 66.8 cm³/mol. The van der Waals surface area contributed by atoms with Gasteiger partial charge >= 0.3 is 0 Å². The quantitative estimate of drug-likeness (QED) is 0.537. The van der Waals surface area contributed by atoms with Crippen molar-refractivity contribution in [3.63, 3.8) is 0 Å². The SMILES string of the molecule is [3H]C[C@]1([C@]2(C)CCCC2=C)CC=C(C)CC1. The van der Waals surface area contributed by atoms with Gasteiger partial charge in [0, 0.05) is 1.37 Å². The molecule has 0 aromatic rings. The molecule has 0 N–H and O–H groups in total. The van der Waals surface area contributed by atoms with E-state index in [0.29, 0.717) is 6.90 Å². The third-order valence-corrected chi connectivity index (χ3v) is 4.95. The molecule has 0 amide bonds. The minimum Gasteiger partial charge on any atom is -0.0993 e. The lowest BCUT2D eigenvalue weighted by molar-refractivity contribution is 0.0986. The van der Waals surface area contributed by atoms with Crippen LogP contribution in [0.1, 0.15) is 60.6 Å². The van der Waals surface area contributed by atoms with Gasteiger partial charge in [0.2, 0.25) is 0 Å². The number of hydrogen-bond donors (Lipinski definition) is 0. The first-order valence-electron chi connectivity index (χ1n) is 6.88. The lowest BCUT2D eigenvalue weighted by atomic mass is 9.57. The van der Waals surface area contributed by atoms with Gasteiger partial charge in [-0.05, 0) is 56.3 Å². The van der Waals surface area contributed by atoms with Crippen LogP contribution < -0.4 is 0 Å². The molecule has 0 aromatic heterocycles. The first kappa shape index (κ1) is 9.69. The van der Waals surface area contributed by atoms with Gasteiger partial charge in [-0.15, -0.1) is 0 Å². The van der Waals surface area contributed by atoms with Gasteiger partial charge in [0.05, 0.1) is 0 Å². The van der Waals surface area contributed by atoms with E-state index in [4.69, 9.17) is 1.37 Å². The van der Waals surface area contributed by atoms with Crippen molar-refractivity contribution in [1.29, 1.82) is 0 Å². The van der Waals surface area contributed by atoms with Crippen LogP contribution in [0.15, 0.2) is 23.8 Å². The topological polar surface area (TPSA) is 0 Å². The van der Waals surface area contributed by atoms with Gasteiger partial charge in [0.15, 0.2) is 0 Å². The third-order valence-electron chi connectivity index (χ3n) is 4.95. The average molecular weight is 206 g/mol. The Labute approximate surface area is 95.9 Å². The summed E-state index contributed by atoms with van der Waals surface area (Å²) in [5.74, 6) is 0. The van der Waals surface area contributed by atoms with Crippen molar-refractivity contribution >= 4 is 0 Å². The van der Waals surface area contributed by atoms with E-state index in [1.54, 1.807) is 0 Å². The monoisotopic (exact) mass is 206 g/mol. The molecule has 0 bridgehead atoms. The second-order valence-corrected chi connectivity index (χ2v) is 5.82. The highest BCUT2D eigenvalue weighted by Crippen LogP contribution is 2.58. The Bertz CT molecular complexity index is 328. The molecule has 84 valence electrons. The molecule has 0 spiro atoms. The molecule has 0 heterocycles. The molecular weight excluding hydrogens is 180 g/mol. The van der Waals surface area contributed by atoms with Gasteiger partial charge in [-0.2, -0.15) is 0 Å².